The fraction of sp³-hybridized carbons (Fsp3) is 0.480. The SMILES string of the molecule is COc1ccc(C=Nc2ccc(OC[C@@H](O)CN3[C@H](C)CCC[C@@H]3C)cc2)cc1OC. The minimum absolute atomic E-state index is 0.282. The second-order valence-electron chi connectivity index (χ2n) is 8.16. The van der Waals surface area contributed by atoms with Crippen LogP contribution in [0.25, 0.3) is 0 Å². The van der Waals surface area contributed by atoms with Crippen molar-refractivity contribution < 1.29 is 19.3 Å². The van der Waals surface area contributed by atoms with Crippen molar-refractivity contribution in [3.8, 4) is 17.2 Å². The van der Waals surface area contributed by atoms with Crippen molar-refractivity contribution in [3.05, 3.63) is 48.0 Å². The van der Waals surface area contributed by atoms with Gasteiger partial charge in [-0.15, -0.1) is 0 Å². The third-order valence-corrected chi connectivity index (χ3v) is 5.85. The second-order valence-corrected chi connectivity index (χ2v) is 8.16. The lowest BCUT2D eigenvalue weighted by molar-refractivity contribution is 0.0209. The third-order valence-electron chi connectivity index (χ3n) is 5.85. The number of hydrogen-bond acceptors (Lipinski definition) is 6. The lowest BCUT2D eigenvalue weighted by Gasteiger charge is -2.40. The number of aliphatic hydroxyl groups is 1. The van der Waals surface area contributed by atoms with Crippen LogP contribution in [0.15, 0.2) is 47.5 Å². The molecule has 1 fully saturated rings. The van der Waals surface area contributed by atoms with Crippen LogP contribution in [0.5, 0.6) is 17.2 Å². The highest BCUT2D eigenvalue weighted by Gasteiger charge is 2.26. The number of aliphatic imine (C=N–C) groups is 1. The number of benzene rings is 2. The normalized spacial score (nSPS) is 20.5. The summed E-state index contributed by atoms with van der Waals surface area (Å²) in [4.78, 5) is 6.90. The Hall–Kier alpha value is -2.57. The first-order chi connectivity index (χ1) is 15.0. The van der Waals surface area contributed by atoms with E-state index in [1.807, 2.05) is 42.5 Å². The Balaban J connectivity index is 1.51. The largest absolute Gasteiger partial charge is 0.493 e. The van der Waals surface area contributed by atoms with Gasteiger partial charge in [0.05, 0.1) is 19.9 Å². The Morgan fingerprint density at radius 1 is 1.03 bits per heavy atom. The summed E-state index contributed by atoms with van der Waals surface area (Å²) in [7, 11) is 3.23. The zero-order valence-corrected chi connectivity index (χ0v) is 19.0. The molecule has 6 heteroatoms. The van der Waals surface area contributed by atoms with Gasteiger partial charge >= 0.3 is 0 Å². The fourth-order valence-corrected chi connectivity index (χ4v) is 4.03. The monoisotopic (exact) mass is 426 g/mol. The third kappa shape index (κ3) is 6.45. The Morgan fingerprint density at radius 2 is 1.71 bits per heavy atom. The Kier molecular flexibility index (Phi) is 8.32. The van der Waals surface area contributed by atoms with Gasteiger partial charge in [-0.25, -0.2) is 0 Å². The minimum atomic E-state index is -0.509. The molecule has 0 unspecified atom stereocenters. The first-order valence-corrected chi connectivity index (χ1v) is 10.9. The van der Waals surface area contributed by atoms with Gasteiger partial charge in [0.25, 0.3) is 0 Å². The lowest BCUT2D eigenvalue weighted by Crippen LogP contribution is -2.48. The topological polar surface area (TPSA) is 63.5 Å². The maximum absolute atomic E-state index is 10.4. The molecule has 0 saturated carbocycles. The predicted octanol–water partition coefficient (Wildman–Crippen LogP) is 4.46. The van der Waals surface area contributed by atoms with Gasteiger partial charge in [0.2, 0.25) is 0 Å². The number of aliphatic hydroxyl groups excluding tert-OH is 1. The Labute approximate surface area is 185 Å². The van der Waals surface area contributed by atoms with Crippen molar-refractivity contribution in [2.24, 2.45) is 4.99 Å². The quantitative estimate of drug-likeness (QED) is 0.600. The first kappa shape index (κ1) is 23.1. The molecule has 0 spiro atoms. The van der Waals surface area contributed by atoms with Crippen LogP contribution in [0.3, 0.4) is 0 Å². The molecule has 0 radical (unpaired) electrons. The van der Waals surface area contributed by atoms with Crippen molar-refractivity contribution in [2.75, 3.05) is 27.4 Å². The van der Waals surface area contributed by atoms with E-state index in [1.54, 1.807) is 20.4 Å². The number of methoxy groups -OCH3 is 2. The van der Waals surface area contributed by atoms with E-state index in [1.165, 1.54) is 19.3 Å². The van der Waals surface area contributed by atoms with E-state index in [4.69, 9.17) is 14.2 Å². The van der Waals surface area contributed by atoms with Crippen LogP contribution in [-0.2, 0) is 0 Å². The lowest BCUT2D eigenvalue weighted by atomic mass is 9.97. The Bertz CT molecular complexity index is 843. The van der Waals surface area contributed by atoms with Crippen molar-refractivity contribution in [3.63, 3.8) is 0 Å². The van der Waals surface area contributed by atoms with Crippen LogP contribution in [0.4, 0.5) is 5.69 Å². The van der Waals surface area contributed by atoms with E-state index >= 15 is 0 Å². The molecule has 0 bridgehead atoms. The fourth-order valence-electron chi connectivity index (χ4n) is 4.03. The predicted molar refractivity (Wildman–Crippen MR) is 124 cm³/mol. The molecule has 168 valence electrons. The highest BCUT2D eigenvalue weighted by atomic mass is 16.5. The highest BCUT2D eigenvalue weighted by Crippen LogP contribution is 2.27. The van der Waals surface area contributed by atoms with E-state index in [0.717, 1.165) is 17.0 Å². The van der Waals surface area contributed by atoms with Crippen LogP contribution in [0.2, 0.25) is 0 Å². The molecule has 0 aromatic heterocycles. The van der Waals surface area contributed by atoms with E-state index in [-0.39, 0.29) is 6.61 Å². The number of ether oxygens (including phenoxy) is 3. The molecule has 6 nitrogen and oxygen atoms in total. The van der Waals surface area contributed by atoms with E-state index in [2.05, 4.69) is 23.7 Å². The summed E-state index contributed by atoms with van der Waals surface area (Å²) >= 11 is 0. The summed E-state index contributed by atoms with van der Waals surface area (Å²) in [5.74, 6) is 2.08. The molecular formula is C25H34N2O4. The van der Waals surface area contributed by atoms with Crippen molar-refractivity contribution in [2.45, 2.75) is 51.3 Å². The molecule has 2 aromatic rings. The number of likely N-dealkylation sites (tertiary alicyclic amines) is 1. The number of nitrogens with zero attached hydrogens (tertiary/aromatic N) is 2. The van der Waals surface area contributed by atoms with Crippen molar-refractivity contribution >= 4 is 11.9 Å². The maximum atomic E-state index is 10.4. The van der Waals surface area contributed by atoms with Crippen LogP contribution >= 0.6 is 0 Å². The van der Waals surface area contributed by atoms with Gasteiger partial charge in [-0.05, 0) is 74.7 Å². The standard InChI is InChI=1S/C25H34N2O4/c1-18-6-5-7-19(2)27(18)16-22(28)17-31-23-11-9-21(10-12-23)26-15-20-8-13-24(29-3)25(14-20)30-4/h8-15,18-19,22,28H,5-7,16-17H2,1-4H3/t18-,19+,22-/m0/s1. The summed E-state index contributed by atoms with van der Waals surface area (Å²) in [6.45, 7) is 5.41. The Morgan fingerprint density at radius 3 is 2.35 bits per heavy atom. The second kappa shape index (κ2) is 11.2. The summed E-state index contributed by atoms with van der Waals surface area (Å²) in [6, 6.07) is 14.2. The first-order valence-electron chi connectivity index (χ1n) is 10.9. The smallest absolute Gasteiger partial charge is 0.161 e. The molecule has 1 N–H and O–H groups in total. The molecule has 0 amide bonds. The van der Waals surface area contributed by atoms with E-state index in [0.29, 0.717) is 30.1 Å². The number of rotatable bonds is 9. The van der Waals surface area contributed by atoms with E-state index < -0.39 is 6.10 Å². The van der Waals surface area contributed by atoms with Crippen molar-refractivity contribution in [1.29, 1.82) is 0 Å². The molecule has 3 atom stereocenters. The van der Waals surface area contributed by atoms with Crippen LogP contribution in [0.1, 0.15) is 38.7 Å². The molecule has 0 aliphatic carbocycles. The molecule has 3 rings (SSSR count). The molecule has 1 aliphatic rings. The number of β-amino-alcohol motifs (C(OH)–C–C–N with tert-alkyl or cyclic N) is 1. The minimum Gasteiger partial charge on any atom is -0.493 e. The van der Waals surface area contributed by atoms with Crippen LogP contribution in [-0.4, -0.2) is 61.8 Å². The zero-order valence-electron chi connectivity index (χ0n) is 19.0. The molecule has 1 aliphatic heterocycles. The van der Waals surface area contributed by atoms with Gasteiger partial charge in [0, 0.05) is 24.8 Å². The summed E-state index contributed by atoms with van der Waals surface area (Å²) in [5.41, 5.74) is 1.74. The average Bonchev–Trinajstić information content (AvgIpc) is 2.79. The highest BCUT2D eigenvalue weighted by molar-refractivity contribution is 5.83. The summed E-state index contributed by atoms with van der Waals surface area (Å²) in [5, 5.41) is 10.4. The maximum Gasteiger partial charge on any atom is 0.161 e. The van der Waals surface area contributed by atoms with Crippen molar-refractivity contribution in [1.82, 2.24) is 4.90 Å². The van der Waals surface area contributed by atoms with Gasteiger partial charge in [-0.1, -0.05) is 6.42 Å². The molecule has 31 heavy (non-hydrogen) atoms. The molecule has 1 saturated heterocycles. The summed E-state index contributed by atoms with van der Waals surface area (Å²) < 4.78 is 16.4. The number of piperidine rings is 1. The van der Waals surface area contributed by atoms with Gasteiger partial charge in [0.1, 0.15) is 18.5 Å². The zero-order chi connectivity index (χ0) is 22.2. The van der Waals surface area contributed by atoms with Crippen LogP contribution in [0, 0.1) is 0 Å². The number of hydrogen-bond donors (Lipinski definition) is 1. The molecule has 1 heterocycles. The van der Waals surface area contributed by atoms with Gasteiger partial charge in [-0.3, -0.25) is 9.89 Å². The van der Waals surface area contributed by atoms with Gasteiger partial charge in [-0.2, -0.15) is 0 Å². The summed E-state index contributed by atoms with van der Waals surface area (Å²) in [6.07, 6.45) is 4.94. The van der Waals surface area contributed by atoms with Gasteiger partial charge < -0.3 is 19.3 Å². The van der Waals surface area contributed by atoms with Crippen LogP contribution < -0.4 is 14.2 Å². The van der Waals surface area contributed by atoms with E-state index in [9.17, 15) is 5.11 Å². The molecule has 2 aromatic carbocycles. The average molecular weight is 427 g/mol. The molecular weight excluding hydrogens is 392 g/mol. The van der Waals surface area contributed by atoms with Gasteiger partial charge in [0.15, 0.2) is 11.5 Å².